The highest BCUT2D eigenvalue weighted by Gasteiger charge is 2.09. The molecule has 0 bridgehead atoms. The Labute approximate surface area is 168 Å². The number of carbonyl (C=O) groups is 5. The molecule has 0 aromatic rings. The highest BCUT2D eigenvalue weighted by atomic mass is 16.7. The molecular weight excluding hydrogens is 392 g/mol. The van der Waals surface area contributed by atoms with Crippen LogP contribution in [0.15, 0.2) is 0 Å². The van der Waals surface area contributed by atoms with E-state index >= 15 is 0 Å². The number of ketones is 1. The normalized spacial score (nSPS) is 10.1. The third kappa shape index (κ3) is 20.0. The molecule has 0 rings (SSSR count). The third-order valence-corrected chi connectivity index (χ3v) is 3.05. The van der Waals surface area contributed by atoms with Crippen LogP contribution < -0.4 is 0 Å². The molecule has 0 atom stereocenters. The number of ether oxygens (including phenoxy) is 6. The lowest BCUT2D eigenvalue weighted by molar-refractivity contribution is -0.167. The van der Waals surface area contributed by atoms with Crippen LogP contribution in [-0.4, -0.2) is 76.1 Å². The maximum Gasteiger partial charge on any atom is 0.309 e. The number of esters is 4. The molecule has 0 aliphatic carbocycles. The van der Waals surface area contributed by atoms with E-state index in [1.807, 2.05) is 0 Å². The van der Waals surface area contributed by atoms with E-state index in [2.05, 4.69) is 9.47 Å². The van der Waals surface area contributed by atoms with Gasteiger partial charge in [0.05, 0.1) is 45.7 Å². The molecule has 0 aromatic heterocycles. The molecule has 0 aromatic carbocycles. The lowest BCUT2D eigenvalue weighted by atomic mass is 10.2. The monoisotopic (exact) mass is 420 g/mol. The largest absolute Gasteiger partial charge is 0.463 e. The van der Waals surface area contributed by atoms with Gasteiger partial charge in [-0.05, 0) is 6.92 Å². The third-order valence-electron chi connectivity index (χ3n) is 3.05. The van der Waals surface area contributed by atoms with Gasteiger partial charge in [0.25, 0.3) is 0 Å². The highest BCUT2D eigenvalue weighted by molar-refractivity contribution is 5.81. The zero-order valence-electron chi connectivity index (χ0n) is 16.8. The minimum atomic E-state index is -0.680. The van der Waals surface area contributed by atoms with Gasteiger partial charge in [-0.3, -0.25) is 19.2 Å². The average Bonchev–Trinajstić information content (AvgIpc) is 2.65. The zero-order chi connectivity index (χ0) is 21.9. The fraction of sp³-hybridized carbons (Fsp3) is 0.722. The lowest BCUT2D eigenvalue weighted by Gasteiger charge is -2.08. The second-order valence-corrected chi connectivity index (χ2v) is 5.64. The molecule has 0 aliphatic heterocycles. The van der Waals surface area contributed by atoms with Crippen molar-refractivity contribution in [3.63, 3.8) is 0 Å². The van der Waals surface area contributed by atoms with Crippen LogP contribution in [0, 0.1) is 0 Å². The summed E-state index contributed by atoms with van der Waals surface area (Å²) in [6.45, 7) is 3.11. The van der Waals surface area contributed by atoms with Gasteiger partial charge in [0.15, 0.2) is 0 Å². The molecule has 0 fully saturated rings. The predicted octanol–water partition coefficient (Wildman–Crippen LogP) is 0.319. The van der Waals surface area contributed by atoms with Crippen molar-refractivity contribution < 1.29 is 52.4 Å². The van der Waals surface area contributed by atoms with Crippen LogP contribution in [0.3, 0.4) is 0 Å². The van der Waals surface area contributed by atoms with Gasteiger partial charge in [-0.1, -0.05) is 0 Å². The Morgan fingerprint density at radius 3 is 1.38 bits per heavy atom. The molecule has 0 aliphatic rings. The maximum absolute atomic E-state index is 11.4. The van der Waals surface area contributed by atoms with Crippen molar-refractivity contribution in [1.82, 2.24) is 0 Å². The number of carbonyl (C=O) groups excluding carboxylic acids is 5. The SMILES string of the molecule is CC(=O)CCC(=O)OCCOCCOCCOC(=O)CCC(=O)OCOC(C)=O. The number of rotatable bonds is 17. The first kappa shape index (κ1) is 26.5. The summed E-state index contributed by atoms with van der Waals surface area (Å²) in [7, 11) is 0. The van der Waals surface area contributed by atoms with Gasteiger partial charge in [0.1, 0.15) is 19.0 Å². The average molecular weight is 420 g/mol. The Balaban J connectivity index is 3.40. The Hall–Kier alpha value is -2.53. The second-order valence-electron chi connectivity index (χ2n) is 5.64. The summed E-state index contributed by atoms with van der Waals surface area (Å²) >= 11 is 0. The molecule has 11 heteroatoms. The second kappa shape index (κ2) is 17.6. The fourth-order valence-corrected chi connectivity index (χ4v) is 1.63. The van der Waals surface area contributed by atoms with E-state index in [9.17, 15) is 24.0 Å². The van der Waals surface area contributed by atoms with Crippen LogP contribution >= 0.6 is 0 Å². The van der Waals surface area contributed by atoms with Gasteiger partial charge in [0.2, 0.25) is 6.79 Å². The van der Waals surface area contributed by atoms with Crippen LogP contribution in [0.5, 0.6) is 0 Å². The summed E-state index contributed by atoms with van der Waals surface area (Å²) in [6, 6.07) is 0. The summed E-state index contributed by atoms with van der Waals surface area (Å²) in [5.41, 5.74) is 0. The number of hydrogen-bond acceptors (Lipinski definition) is 11. The van der Waals surface area contributed by atoms with Gasteiger partial charge in [0, 0.05) is 13.3 Å². The Morgan fingerprint density at radius 1 is 0.517 bits per heavy atom. The first-order chi connectivity index (χ1) is 13.8. The first-order valence-corrected chi connectivity index (χ1v) is 9.06. The zero-order valence-corrected chi connectivity index (χ0v) is 16.8. The number of Topliss-reactive ketones (excluding diaryl/α,β-unsaturated/α-hetero) is 1. The van der Waals surface area contributed by atoms with E-state index in [1.54, 1.807) is 0 Å². The standard InChI is InChI=1S/C18H28O11/c1-14(19)3-4-16(21)26-11-9-24-7-8-25-10-12-27-17(22)5-6-18(23)29-13-28-15(2)20/h3-13H2,1-2H3. The highest BCUT2D eigenvalue weighted by Crippen LogP contribution is 1.97. The van der Waals surface area contributed by atoms with E-state index in [0.29, 0.717) is 0 Å². The van der Waals surface area contributed by atoms with Gasteiger partial charge in [-0.25, -0.2) is 0 Å². The molecule has 0 amide bonds. The maximum atomic E-state index is 11.4. The summed E-state index contributed by atoms with van der Waals surface area (Å²) in [5.74, 6) is -2.35. The minimum Gasteiger partial charge on any atom is -0.463 e. The van der Waals surface area contributed by atoms with Crippen molar-refractivity contribution in [2.24, 2.45) is 0 Å². The van der Waals surface area contributed by atoms with Crippen LogP contribution in [0.2, 0.25) is 0 Å². The van der Waals surface area contributed by atoms with Crippen LogP contribution in [0.25, 0.3) is 0 Å². The molecule has 0 unspecified atom stereocenters. The summed E-state index contributed by atoms with van der Waals surface area (Å²) < 4.78 is 29.1. The van der Waals surface area contributed by atoms with Crippen LogP contribution in [-0.2, 0) is 52.4 Å². The summed E-state index contributed by atoms with van der Waals surface area (Å²) in [6.07, 6.45) is -0.119. The predicted molar refractivity (Wildman–Crippen MR) is 95.4 cm³/mol. The van der Waals surface area contributed by atoms with Gasteiger partial charge in [-0.15, -0.1) is 0 Å². The molecular formula is C18H28O11. The van der Waals surface area contributed by atoms with E-state index in [-0.39, 0.29) is 71.1 Å². The summed E-state index contributed by atoms with van der Waals surface area (Å²) in [4.78, 5) is 55.1. The van der Waals surface area contributed by atoms with E-state index in [1.165, 1.54) is 13.8 Å². The van der Waals surface area contributed by atoms with Crippen molar-refractivity contribution in [3.05, 3.63) is 0 Å². The van der Waals surface area contributed by atoms with Crippen molar-refractivity contribution in [2.45, 2.75) is 39.5 Å². The molecule has 0 saturated carbocycles. The molecule has 0 heterocycles. The molecule has 11 nitrogen and oxygen atoms in total. The van der Waals surface area contributed by atoms with Gasteiger partial charge < -0.3 is 33.2 Å². The lowest BCUT2D eigenvalue weighted by Crippen LogP contribution is -2.16. The van der Waals surface area contributed by atoms with Crippen molar-refractivity contribution in [3.8, 4) is 0 Å². The number of hydrogen-bond donors (Lipinski definition) is 0. The topological polar surface area (TPSA) is 141 Å². The Bertz CT molecular complexity index is 530. The van der Waals surface area contributed by atoms with Crippen LogP contribution in [0.4, 0.5) is 0 Å². The van der Waals surface area contributed by atoms with Crippen molar-refractivity contribution in [1.29, 1.82) is 0 Å². The smallest absolute Gasteiger partial charge is 0.309 e. The molecule has 0 saturated heterocycles. The van der Waals surface area contributed by atoms with Gasteiger partial charge in [-0.2, -0.15) is 0 Å². The first-order valence-electron chi connectivity index (χ1n) is 9.06. The minimum absolute atomic E-state index is 0.0229. The molecule has 0 N–H and O–H groups in total. The van der Waals surface area contributed by atoms with Crippen molar-refractivity contribution >= 4 is 29.7 Å². The quantitative estimate of drug-likeness (QED) is 0.139. The van der Waals surface area contributed by atoms with E-state index in [4.69, 9.17) is 18.9 Å². The molecule has 29 heavy (non-hydrogen) atoms. The molecule has 0 radical (unpaired) electrons. The molecule has 0 spiro atoms. The Morgan fingerprint density at radius 2 is 0.931 bits per heavy atom. The van der Waals surface area contributed by atoms with Crippen LogP contribution in [0.1, 0.15) is 39.5 Å². The van der Waals surface area contributed by atoms with Crippen molar-refractivity contribution in [2.75, 3.05) is 46.4 Å². The van der Waals surface area contributed by atoms with Gasteiger partial charge >= 0.3 is 23.9 Å². The van der Waals surface area contributed by atoms with E-state index < -0.39 is 30.7 Å². The fourth-order valence-electron chi connectivity index (χ4n) is 1.63. The Kier molecular flexibility index (Phi) is 16.0. The summed E-state index contributed by atoms with van der Waals surface area (Å²) in [5, 5.41) is 0. The molecule has 166 valence electrons. The van der Waals surface area contributed by atoms with E-state index in [0.717, 1.165) is 0 Å².